The molecular weight excluding hydrogens is 308 g/mol. The minimum absolute atomic E-state index is 0.413. The highest BCUT2D eigenvalue weighted by molar-refractivity contribution is 8.08. The largest absolute Gasteiger partial charge is 0.314 e. The van der Waals surface area contributed by atoms with E-state index in [1.54, 1.807) is 0 Å². The second-order valence-electron chi connectivity index (χ2n) is 3.51. The summed E-state index contributed by atoms with van der Waals surface area (Å²) < 4.78 is 44.9. The number of carbonyl (C=O) groups is 2. The summed E-state index contributed by atoms with van der Waals surface area (Å²) in [5.74, 6) is -1.92. The first-order chi connectivity index (χ1) is 9.09. The molecule has 0 radical (unpaired) electrons. The molecule has 20 heavy (non-hydrogen) atoms. The summed E-state index contributed by atoms with van der Waals surface area (Å²) in [6.45, 7) is 7.85. The number of nitrogens with zero attached hydrogens (tertiary/aromatic N) is 2. The van der Waals surface area contributed by atoms with Crippen LogP contribution in [0.2, 0.25) is 0 Å². The average molecular weight is 322 g/mol. The molecule has 0 spiro atoms. The lowest BCUT2D eigenvalue weighted by Crippen LogP contribution is -2.40. The summed E-state index contributed by atoms with van der Waals surface area (Å²) in [5, 5.41) is -0.257. The summed E-state index contributed by atoms with van der Waals surface area (Å²) in [6.07, 6.45) is 0. The molecule has 0 rings (SSSR count). The highest BCUT2D eigenvalue weighted by atomic mass is 32.2. The maximum Gasteiger partial charge on any atom is 0.269 e. The lowest BCUT2D eigenvalue weighted by atomic mass is 10.5. The number of hydrogen-bond donors (Lipinski definition) is 0. The van der Waals surface area contributed by atoms with Crippen LogP contribution in [0.4, 0.5) is 0 Å². The molecule has 0 saturated heterocycles. The van der Waals surface area contributed by atoms with E-state index in [2.05, 4.69) is 24.9 Å². The van der Waals surface area contributed by atoms with Gasteiger partial charge in [-0.3, -0.25) is 14.6 Å². The third-order valence-electron chi connectivity index (χ3n) is 2.06. The van der Waals surface area contributed by atoms with Crippen molar-refractivity contribution < 1.29 is 26.4 Å². The molecule has 0 aliphatic carbocycles. The molecule has 0 unspecified atom stereocenters. The molecular formula is C10H14N2O6S2. The Morgan fingerprint density at radius 3 is 2.05 bits per heavy atom. The van der Waals surface area contributed by atoms with Gasteiger partial charge in [0.15, 0.2) is 9.84 Å². The Bertz CT molecular complexity index is 633. The van der Waals surface area contributed by atoms with Gasteiger partial charge in [-0.05, 0) is 6.72 Å². The van der Waals surface area contributed by atoms with Crippen LogP contribution in [0, 0.1) is 0 Å². The van der Waals surface area contributed by atoms with Gasteiger partial charge in [0.2, 0.25) is 15.7 Å². The highest BCUT2D eigenvalue weighted by Gasteiger charge is 2.26. The Hall–Kier alpha value is -1.81. The molecule has 0 aliphatic rings. The number of sulfone groups is 2. The van der Waals surface area contributed by atoms with E-state index in [1.165, 1.54) is 0 Å². The van der Waals surface area contributed by atoms with Crippen molar-refractivity contribution in [2.45, 2.75) is 0 Å². The first-order valence-corrected chi connectivity index (χ1v) is 8.31. The number of aliphatic imine (C=N–C) groups is 1. The fourth-order valence-electron chi connectivity index (χ4n) is 0.999. The van der Waals surface area contributed by atoms with Crippen LogP contribution >= 0.6 is 0 Å². The van der Waals surface area contributed by atoms with E-state index >= 15 is 0 Å². The van der Waals surface area contributed by atoms with E-state index < -0.39 is 49.7 Å². The van der Waals surface area contributed by atoms with Crippen molar-refractivity contribution >= 4 is 37.4 Å². The van der Waals surface area contributed by atoms with Gasteiger partial charge in [-0.1, -0.05) is 13.2 Å². The van der Waals surface area contributed by atoms with Crippen molar-refractivity contribution in [3.63, 3.8) is 0 Å². The van der Waals surface area contributed by atoms with Crippen LogP contribution in [0.3, 0.4) is 0 Å². The Kier molecular flexibility index (Phi) is 6.46. The predicted molar refractivity (Wildman–Crippen MR) is 74.2 cm³/mol. The van der Waals surface area contributed by atoms with Gasteiger partial charge >= 0.3 is 0 Å². The maximum atomic E-state index is 11.7. The lowest BCUT2D eigenvalue weighted by molar-refractivity contribution is -0.131. The van der Waals surface area contributed by atoms with Crippen LogP contribution in [0.1, 0.15) is 0 Å². The van der Waals surface area contributed by atoms with Crippen LogP contribution < -0.4 is 0 Å². The van der Waals surface area contributed by atoms with Crippen molar-refractivity contribution in [2.24, 2.45) is 4.99 Å². The molecule has 8 nitrogen and oxygen atoms in total. The molecule has 0 aliphatic heterocycles. The average Bonchev–Trinajstić information content (AvgIpc) is 2.37. The third-order valence-corrected chi connectivity index (χ3v) is 4.42. The highest BCUT2D eigenvalue weighted by Crippen LogP contribution is 2.01. The van der Waals surface area contributed by atoms with Crippen molar-refractivity contribution in [3.8, 4) is 0 Å². The predicted octanol–water partition coefficient (Wildman–Crippen LogP) is -0.884. The molecule has 0 aromatic carbocycles. The second kappa shape index (κ2) is 7.10. The Labute approximate surface area is 117 Å². The summed E-state index contributed by atoms with van der Waals surface area (Å²) >= 11 is 0. The first-order valence-electron chi connectivity index (χ1n) is 5.05. The molecule has 0 N–H and O–H groups in total. The van der Waals surface area contributed by atoms with Gasteiger partial charge in [0.1, 0.15) is 12.4 Å². The van der Waals surface area contributed by atoms with Crippen LogP contribution in [-0.4, -0.2) is 58.4 Å². The minimum Gasteiger partial charge on any atom is -0.314 e. The summed E-state index contributed by atoms with van der Waals surface area (Å²) in [7, 11) is -8.02. The SMILES string of the molecule is C=CS(=O)(=O)CC(=O)N(CN=C)CC(=O)S(=O)(=O)C=C. The fourth-order valence-corrected chi connectivity index (χ4v) is 2.17. The molecule has 112 valence electrons. The van der Waals surface area contributed by atoms with Gasteiger partial charge in [-0.2, -0.15) is 0 Å². The molecule has 0 bridgehead atoms. The molecule has 0 aromatic heterocycles. The van der Waals surface area contributed by atoms with E-state index in [-0.39, 0.29) is 0 Å². The summed E-state index contributed by atoms with van der Waals surface area (Å²) in [4.78, 5) is 27.1. The van der Waals surface area contributed by atoms with E-state index in [4.69, 9.17) is 0 Å². The van der Waals surface area contributed by atoms with Crippen LogP contribution in [-0.2, 0) is 29.3 Å². The van der Waals surface area contributed by atoms with Gasteiger partial charge in [-0.15, -0.1) is 0 Å². The number of rotatable bonds is 8. The Morgan fingerprint density at radius 2 is 1.65 bits per heavy atom. The molecule has 0 heterocycles. The number of amides is 1. The van der Waals surface area contributed by atoms with E-state index in [0.29, 0.717) is 15.7 Å². The number of hydrogen-bond acceptors (Lipinski definition) is 7. The lowest BCUT2D eigenvalue weighted by Gasteiger charge is -2.18. The summed E-state index contributed by atoms with van der Waals surface area (Å²) in [6, 6.07) is 0. The van der Waals surface area contributed by atoms with Crippen molar-refractivity contribution in [2.75, 3.05) is 19.0 Å². The van der Waals surface area contributed by atoms with Crippen molar-refractivity contribution in [1.82, 2.24) is 4.90 Å². The van der Waals surface area contributed by atoms with Gasteiger partial charge in [0.05, 0.1) is 6.54 Å². The molecule has 0 aromatic rings. The fraction of sp³-hybridized carbons (Fsp3) is 0.300. The van der Waals surface area contributed by atoms with Gasteiger partial charge < -0.3 is 4.90 Å². The first kappa shape index (κ1) is 18.2. The van der Waals surface area contributed by atoms with Gasteiger partial charge in [0.25, 0.3) is 5.12 Å². The van der Waals surface area contributed by atoms with Crippen molar-refractivity contribution in [1.29, 1.82) is 0 Å². The molecule has 0 fully saturated rings. The molecule has 0 atom stereocenters. The van der Waals surface area contributed by atoms with Crippen LogP contribution in [0.15, 0.2) is 29.0 Å². The molecule has 1 amide bonds. The zero-order chi connectivity index (χ0) is 16.0. The van der Waals surface area contributed by atoms with Crippen LogP contribution in [0.5, 0.6) is 0 Å². The third kappa shape index (κ3) is 5.45. The standard InChI is InChI=1S/C10H14N2O6S2/c1-4-19(15,16)7-9(13)12(8-11-3)6-10(14)20(17,18)5-2/h4-5H,1-3,6-8H2. The van der Waals surface area contributed by atoms with Gasteiger partial charge in [0, 0.05) is 10.8 Å². The van der Waals surface area contributed by atoms with E-state index in [1.807, 2.05) is 0 Å². The zero-order valence-electron chi connectivity index (χ0n) is 10.6. The topological polar surface area (TPSA) is 118 Å². The zero-order valence-corrected chi connectivity index (χ0v) is 12.2. The Balaban J connectivity index is 5.13. The van der Waals surface area contributed by atoms with Gasteiger partial charge in [-0.25, -0.2) is 16.8 Å². The minimum atomic E-state index is -4.19. The van der Waals surface area contributed by atoms with Crippen molar-refractivity contribution in [3.05, 3.63) is 24.0 Å². The molecule has 10 heteroatoms. The van der Waals surface area contributed by atoms with E-state index in [9.17, 15) is 26.4 Å². The second-order valence-corrected chi connectivity index (χ2v) is 7.34. The normalized spacial score (nSPS) is 11.4. The quantitative estimate of drug-likeness (QED) is 0.535. The maximum absolute atomic E-state index is 11.7. The van der Waals surface area contributed by atoms with E-state index in [0.717, 1.165) is 0 Å². The smallest absolute Gasteiger partial charge is 0.269 e. The summed E-state index contributed by atoms with van der Waals surface area (Å²) in [5.41, 5.74) is 0. The monoisotopic (exact) mass is 322 g/mol. The van der Waals surface area contributed by atoms with Crippen LogP contribution in [0.25, 0.3) is 0 Å². The molecule has 0 saturated carbocycles. The Morgan fingerprint density at radius 1 is 1.10 bits per heavy atom. The number of carbonyl (C=O) groups excluding carboxylic acids is 2.